The minimum Gasteiger partial charge on any atom is -0.366 e. The summed E-state index contributed by atoms with van der Waals surface area (Å²) in [5, 5.41) is 22.9. The highest BCUT2D eigenvalue weighted by Gasteiger charge is 2.51. The van der Waals surface area contributed by atoms with E-state index in [-0.39, 0.29) is 11.3 Å². The normalized spacial score (nSPS) is 30.0. The Balaban J connectivity index is 2.05. The first-order valence-corrected chi connectivity index (χ1v) is 8.09. The Bertz CT molecular complexity index is 718. The summed E-state index contributed by atoms with van der Waals surface area (Å²) in [6, 6.07) is 15.0. The van der Waals surface area contributed by atoms with Gasteiger partial charge in [0.25, 0.3) is 0 Å². The van der Waals surface area contributed by atoms with Crippen LogP contribution in [0.25, 0.3) is 0 Å². The van der Waals surface area contributed by atoms with Crippen LogP contribution in [0.2, 0.25) is 5.02 Å². The fourth-order valence-electron chi connectivity index (χ4n) is 3.32. The number of nitro groups is 1. The summed E-state index contributed by atoms with van der Waals surface area (Å²) < 4.78 is 5.70. The molecule has 6 heteroatoms. The number of halogens is 1. The summed E-state index contributed by atoms with van der Waals surface area (Å²) >= 11 is 5.91. The summed E-state index contributed by atoms with van der Waals surface area (Å²) in [6.07, 6.45) is -0.696. The highest BCUT2D eigenvalue weighted by atomic mass is 35.5. The molecule has 0 unspecified atom stereocenters. The average molecular weight is 348 g/mol. The van der Waals surface area contributed by atoms with Gasteiger partial charge in [0.05, 0.1) is 5.92 Å². The van der Waals surface area contributed by atoms with Gasteiger partial charge in [0.2, 0.25) is 6.04 Å². The Morgan fingerprint density at radius 3 is 2.38 bits per heavy atom. The highest BCUT2D eigenvalue weighted by molar-refractivity contribution is 6.30. The van der Waals surface area contributed by atoms with Crippen molar-refractivity contribution in [2.75, 3.05) is 0 Å². The second-order valence-electron chi connectivity index (χ2n) is 6.26. The van der Waals surface area contributed by atoms with Crippen LogP contribution in [-0.2, 0) is 4.74 Å². The molecule has 1 aliphatic heterocycles. The van der Waals surface area contributed by atoms with E-state index in [1.54, 1.807) is 31.2 Å². The van der Waals surface area contributed by atoms with E-state index in [0.29, 0.717) is 10.6 Å². The molecule has 0 spiro atoms. The van der Waals surface area contributed by atoms with Crippen molar-refractivity contribution in [3.8, 4) is 0 Å². The SMILES string of the molecule is C[C@@]1(O)C[C@@H](c2ccccc2)[C@H]([N+](=O)[O-])[C@@H](c2ccc(Cl)cc2)O1. The van der Waals surface area contributed by atoms with E-state index >= 15 is 0 Å². The van der Waals surface area contributed by atoms with Gasteiger partial charge in [0.15, 0.2) is 11.9 Å². The smallest absolute Gasteiger partial charge is 0.250 e. The number of ether oxygens (including phenoxy) is 1. The molecule has 0 radical (unpaired) electrons. The molecule has 1 aliphatic rings. The van der Waals surface area contributed by atoms with Crippen LogP contribution in [0.15, 0.2) is 54.6 Å². The molecule has 2 aromatic carbocycles. The molecule has 1 saturated heterocycles. The lowest BCUT2D eigenvalue weighted by molar-refractivity contribution is -0.555. The number of benzene rings is 2. The lowest BCUT2D eigenvalue weighted by atomic mass is 9.79. The molecule has 0 bridgehead atoms. The van der Waals surface area contributed by atoms with Crippen LogP contribution >= 0.6 is 11.6 Å². The minimum absolute atomic E-state index is 0.159. The summed E-state index contributed by atoms with van der Waals surface area (Å²) in [4.78, 5) is 11.5. The van der Waals surface area contributed by atoms with Gasteiger partial charge < -0.3 is 9.84 Å². The third-order valence-corrected chi connectivity index (χ3v) is 4.62. The first-order chi connectivity index (χ1) is 11.4. The lowest BCUT2D eigenvalue weighted by Crippen LogP contribution is -2.48. The van der Waals surface area contributed by atoms with E-state index in [2.05, 4.69) is 0 Å². The maximum absolute atomic E-state index is 11.8. The zero-order valence-corrected chi connectivity index (χ0v) is 13.9. The molecule has 2 aromatic rings. The molecule has 5 nitrogen and oxygen atoms in total. The monoisotopic (exact) mass is 347 g/mol. The van der Waals surface area contributed by atoms with Crippen LogP contribution in [0.1, 0.15) is 36.5 Å². The first kappa shape index (κ1) is 16.9. The third-order valence-electron chi connectivity index (χ3n) is 4.37. The molecule has 4 atom stereocenters. The molecule has 0 saturated carbocycles. The maximum Gasteiger partial charge on any atom is 0.250 e. The van der Waals surface area contributed by atoms with Gasteiger partial charge in [-0.25, -0.2) is 0 Å². The molecule has 0 aliphatic carbocycles. The van der Waals surface area contributed by atoms with Gasteiger partial charge in [-0.05, 0) is 30.2 Å². The van der Waals surface area contributed by atoms with Crippen molar-refractivity contribution in [3.05, 3.63) is 80.9 Å². The number of hydrogen-bond donors (Lipinski definition) is 1. The van der Waals surface area contributed by atoms with E-state index in [1.165, 1.54) is 0 Å². The minimum atomic E-state index is -1.45. The summed E-state index contributed by atoms with van der Waals surface area (Å²) in [7, 11) is 0. The van der Waals surface area contributed by atoms with E-state index < -0.39 is 23.9 Å². The van der Waals surface area contributed by atoms with Crippen molar-refractivity contribution in [1.82, 2.24) is 0 Å². The fourth-order valence-corrected chi connectivity index (χ4v) is 3.45. The number of hydrogen-bond acceptors (Lipinski definition) is 4. The van der Waals surface area contributed by atoms with E-state index in [1.807, 2.05) is 30.3 Å². The molecule has 3 rings (SSSR count). The van der Waals surface area contributed by atoms with Crippen molar-refractivity contribution in [1.29, 1.82) is 0 Å². The van der Waals surface area contributed by atoms with E-state index in [0.717, 1.165) is 5.56 Å². The highest BCUT2D eigenvalue weighted by Crippen LogP contribution is 2.45. The van der Waals surface area contributed by atoms with Crippen molar-refractivity contribution in [2.45, 2.75) is 37.2 Å². The zero-order valence-electron chi connectivity index (χ0n) is 13.1. The molecule has 1 heterocycles. The van der Waals surface area contributed by atoms with Crippen LogP contribution in [-0.4, -0.2) is 21.9 Å². The van der Waals surface area contributed by atoms with Crippen molar-refractivity contribution >= 4 is 11.6 Å². The van der Waals surface area contributed by atoms with Gasteiger partial charge in [-0.3, -0.25) is 10.1 Å². The zero-order chi connectivity index (χ0) is 17.3. The maximum atomic E-state index is 11.8. The first-order valence-electron chi connectivity index (χ1n) is 7.71. The molecule has 0 amide bonds. The van der Waals surface area contributed by atoms with Crippen molar-refractivity contribution < 1.29 is 14.8 Å². The molecule has 126 valence electrons. The molecular weight excluding hydrogens is 330 g/mol. The quantitative estimate of drug-likeness (QED) is 0.674. The second-order valence-corrected chi connectivity index (χ2v) is 6.70. The number of nitrogens with zero attached hydrogens (tertiary/aromatic N) is 1. The summed E-state index contributed by atoms with van der Waals surface area (Å²) in [6.45, 7) is 1.54. The average Bonchev–Trinajstić information content (AvgIpc) is 2.54. The second kappa shape index (κ2) is 6.51. The Morgan fingerprint density at radius 2 is 1.79 bits per heavy atom. The topological polar surface area (TPSA) is 72.6 Å². The molecule has 24 heavy (non-hydrogen) atoms. The molecule has 1 N–H and O–H groups in total. The van der Waals surface area contributed by atoms with E-state index in [4.69, 9.17) is 16.3 Å². The Kier molecular flexibility index (Phi) is 4.58. The van der Waals surface area contributed by atoms with Gasteiger partial charge in [-0.2, -0.15) is 0 Å². The Morgan fingerprint density at radius 1 is 1.17 bits per heavy atom. The fraction of sp³-hybridized carbons (Fsp3) is 0.333. The van der Waals surface area contributed by atoms with E-state index in [9.17, 15) is 15.2 Å². The standard InChI is InChI=1S/C18H18ClNO4/c1-18(21)11-15(12-5-3-2-4-6-12)16(20(22)23)17(24-18)13-7-9-14(19)10-8-13/h2-10,15-17,21H,11H2,1H3/t15-,16-,17+,18-/m0/s1. The van der Waals surface area contributed by atoms with Crippen LogP contribution in [0.3, 0.4) is 0 Å². The van der Waals surface area contributed by atoms with Gasteiger partial charge in [-0.1, -0.05) is 54.1 Å². The Hall–Kier alpha value is -1.95. The van der Waals surface area contributed by atoms with Crippen molar-refractivity contribution in [2.24, 2.45) is 0 Å². The number of rotatable bonds is 3. The largest absolute Gasteiger partial charge is 0.366 e. The Labute approximate surface area is 145 Å². The van der Waals surface area contributed by atoms with Crippen LogP contribution < -0.4 is 0 Å². The third kappa shape index (κ3) is 3.43. The lowest BCUT2D eigenvalue weighted by Gasteiger charge is -2.41. The van der Waals surface area contributed by atoms with Gasteiger partial charge in [0, 0.05) is 16.4 Å². The van der Waals surface area contributed by atoms with Crippen LogP contribution in [0.4, 0.5) is 0 Å². The van der Waals surface area contributed by atoms with Gasteiger partial charge in [-0.15, -0.1) is 0 Å². The van der Waals surface area contributed by atoms with Crippen LogP contribution in [0, 0.1) is 10.1 Å². The summed E-state index contributed by atoms with van der Waals surface area (Å²) in [5.74, 6) is -1.90. The predicted octanol–water partition coefficient (Wildman–Crippen LogP) is 3.94. The molecular formula is C18H18ClNO4. The van der Waals surface area contributed by atoms with Gasteiger partial charge >= 0.3 is 0 Å². The van der Waals surface area contributed by atoms with Crippen LogP contribution in [0.5, 0.6) is 0 Å². The molecule has 1 fully saturated rings. The van der Waals surface area contributed by atoms with Gasteiger partial charge in [0.1, 0.15) is 0 Å². The molecule has 0 aromatic heterocycles. The number of aliphatic hydroxyl groups is 1. The summed E-state index contributed by atoms with van der Waals surface area (Å²) in [5.41, 5.74) is 1.45. The predicted molar refractivity (Wildman–Crippen MR) is 90.5 cm³/mol. The van der Waals surface area contributed by atoms with Crippen molar-refractivity contribution in [3.63, 3.8) is 0 Å².